The van der Waals surface area contributed by atoms with E-state index in [0.29, 0.717) is 17.5 Å². The minimum atomic E-state index is 0.548. The zero-order chi connectivity index (χ0) is 17.8. The van der Waals surface area contributed by atoms with Crippen LogP contribution < -0.4 is 0 Å². The summed E-state index contributed by atoms with van der Waals surface area (Å²) in [7, 11) is 0. The average molecular weight is 363 g/mol. The van der Waals surface area contributed by atoms with Gasteiger partial charge in [-0.15, -0.1) is 10.2 Å². The highest BCUT2D eigenvalue weighted by Crippen LogP contribution is 2.23. The maximum absolute atomic E-state index is 5.37. The van der Waals surface area contributed by atoms with Crippen molar-refractivity contribution in [3.05, 3.63) is 77.9 Å². The monoisotopic (exact) mass is 363 g/mol. The van der Waals surface area contributed by atoms with Gasteiger partial charge in [0.15, 0.2) is 5.16 Å². The van der Waals surface area contributed by atoms with Gasteiger partial charge in [-0.3, -0.25) is 0 Å². The van der Waals surface area contributed by atoms with E-state index < -0.39 is 0 Å². The second-order valence-corrected chi connectivity index (χ2v) is 6.71. The van der Waals surface area contributed by atoms with Gasteiger partial charge >= 0.3 is 0 Å². The summed E-state index contributed by atoms with van der Waals surface area (Å²) in [6.07, 6.45) is 0. The molecular weight excluding hydrogens is 346 g/mol. The maximum Gasteiger partial charge on any atom is 0.237 e. The zero-order valence-electron chi connectivity index (χ0n) is 14.2. The lowest BCUT2D eigenvalue weighted by molar-refractivity contribution is 0.391. The fourth-order valence-corrected chi connectivity index (χ4v) is 3.38. The largest absolute Gasteiger partial charge is 0.338 e. The van der Waals surface area contributed by atoms with Crippen LogP contribution in [-0.4, -0.2) is 24.9 Å². The number of nitrogens with zero attached hydrogens (tertiary/aromatic N) is 5. The van der Waals surface area contributed by atoms with Gasteiger partial charge in [0.2, 0.25) is 11.7 Å². The zero-order valence-corrected chi connectivity index (χ0v) is 15.1. The van der Waals surface area contributed by atoms with Crippen LogP contribution in [0.4, 0.5) is 0 Å². The molecule has 0 aliphatic rings. The van der Waals surface area contributed by atoms with Crippen LogP contribution in [0.5, 0.6) is 0 Å². The van der Waals surface area contributed by atoms with E-state index in [0.717, 1.165) is 23.1 Å². The third-order valence-corrected chi connectivity index (χ3v) is 4.86. The van der Waals surface area contributed by atoms with Crippen LogP contribution in [0, 0.1) is 6.92 Å². The summed E-state index contributed by atoms with van der Waals surface area (Å²) in [6.45, 7) is 2.70. The van der Waals surface area contributed by atoms with Gasteiger partial charge < -0.3 is 9.09 Å². The standard InChI is InChI=1S/C19H17N5OS/c1-14-21-22-19(24(14)12-15-8-4-2-5-9-15)26-13-17-20-18(23-25-17)16-10-6-3-7-11-16/h2-11H,12-13H2,1H3. The highest BCUT2D eigenvalue weighted by Gasteiger charge is 2.13. The van der Waals surface area contributed by atoms with Crippen molar-refractivity contribution in [3.8, 4) is 11.4 Å². The Morgan fingerprint density at radius 2 is 1.69 bits per heavy atom. The van der Waals surface area contributed by atoms with E-state index in [1.54, 1.807) is 11.8 Å². The molecule has 0 N–H and O–H groups in total. The number of hydrogen-bond donors (Lipinski definition) is 0. The molecule has 0 aliphatic carbocycles. The number of thioether (sulfide) groups is 1. The fraction of sp³-hybridized carbons (Fsp3) is 0.158. The molecule has 0 aliphatic heterocycles. The van der Waals surface area contributed by atoms with Crippen molar-refractivity contribution < 1.29 is 4.52 Å². The molecule has 4 aromatic rings. The van der Waals surface area contributed by atoms with Gasteiger partial charge in [0.05, 0.1) is 12.3 Å². The van der Waals surface area contributed by atoms with Crippen molar-refractivity contribution in [3.63, 3.8) is 0 Å². The van der Waals surface area contributed by atoms with Gasteiger partial charge in [-0.05, 0) is 12.5 Å². The summed E-state index contributed by atoms with van der Waals surface area (Å²) in [5, 5.41) is 13.4. The summed E-state index contributed by atoms with van der Waals surface area (Å²) < 4.78 is 7.46. The Morgan fingerprint density at radius 1 is 0.962 bits per heavy atom. The van der Waals surface area contributed by atoms with E-state index in [-0.39, 0.29) is 0 Å². The Labute approximate surface area is 155 Å². The molecule has 0 saturated heterocycles. The Bertz CT molecular complexity index is 982. The predicted octanol–water partition coefficient (Wildman–Crippen LogP) is 3.98. The Hall–Kier alpha value is -2.93. The van der Waals surface area contributed by atoms with Crippen LogP contribution >= 0.6 is 11.8 Å². The first kappa shape index (κ1) is 16.5. The molecular formula is C19H17N5OS. The molecule has 26 heavy (non-hydrogen) atoms. The molecule has 0 spiro atoms. The number of hydrogen-bond acceptors (Lipinski definition) is 6. The van der Waals surface area contributed by atoms with Crippen molar-refractivity contribution in [2.24, 2.45) is 0 Å². The van der Waals surface area contributed by atoms with E-state index in [4.69, 9.17) is 4.52 Å². The fourth-order valence-electron chi connectivity index (χ4n) is 2.56. The van der Waals surface area contributed by atoms with Crippen LogP contribution in [0.15, 0.2) is 70.3 Å². The normalized spacial score (nSPS) is 11.0. The Morgan fingerprint density at radius 3 is 2.46 bits per heavy atom. The molecule has 4 rings (SSSR count). The first-order valence-electron chi connectivity index (χ1n) is 8.24. The smallest absolute Gasteiger partial charge is 0.237 e. The van der Waals surface area contributed by atoms with E-state index >= 15 is 0 Å². The van der Waals surface area contributed by atoms with Gasteiger partial charge in [-0.1, -0.05) is 77.6 Å². The molecule has 2 heterocycles. The second kappa shape index (κ2) is 7.53. The van der Waals surface area contributed by atoms with Crippen molar-refractivity contribution >= 4 is 11.8 Å². The summed E-state index contributed by atoms with van der Waals surface area (Å²) in [5.41, 5.74) is 2.15. The van der Waals surface area contributed by atoms with Gasteiger partial charge in [-0.25, -0.2) is 0 Å². The SMILES string of the molecule is Cc1nnc(SCc2nc(-c3ccccc3)no2)n1Cc1ccccc1. The summed E-state index contributed by atoms with van der Waals surface area (Å²) in [6, 6.07) is 20.1. The molecule has 0 saturated carbocycles. The molecule has 0 atom stereocenters. The molecule has 2 aromatic heterocycles. The van der Waals surface area contributed by atoms with Gasteiger partial charge in [0.25, 0.3) is 0 Å². The number of aromatic nitrogens is 5. The molecule has 2 aromatic carbocycles. The Kier molecular flexibility index (Phi) is 4.79. The van der Waals surface area contributed by atoms with Crippen LogP contribution in [-0.2, 0) is 12.3 Å². The number of benzene rings is 2. The quantitative estimate of drug-likeness (QED) is 0.483. The minimum Gasteiger partial charge on any atom is -0.338 e. The molecule has 7 heteroatoms. The first-order chi connectivity index (χ1) is 12.8. The van der Waals surface area contributed by atoms with Crippen LogP contribution in [0.3, 0.4) is 0 Å². The van der Waals surface area contributed by atoms with Crippen LogP contribution in [0.2, 0.25) is 0 Å². The van der Waals surface area contributed by atoms with Gasteiger partial charge in [0.1, 0.15) is 5.82 Å². The molecule has 0 radical (unpaired) electrons. The lowest BCUT2D eigenvalue weighted by Gasteiger charge is -2.07. The van der Waals surface area contributed by atoms with Crippen molar-refractivity contribution in [1.29, 1.82) is 0 Å². The van der Waals surface area contributed by atoms with Crippen molar-refractivity contribution in [2.45, 2.75) is 24.4 Å². The topological polar surface area (TPSA) is 69.6 Å². The summed E-state index contributed by atoms with van der Waals surface area (Å²) >= 11 is 1.54. The van der Waals surface area contributed by atoms with Crippen LogP contribution in [0.25, 0.3) is 11.4 Å². The van der Waals surface area contributed by atoms with E-state index in [1.165, 1.54) is 5.56 Å². The third-order valence-electron chi connectivity index (χ3n) is 3.91. The summed E-state index contributed by atoms with van der Waals surface area (Å²) in [4.78, 5) is 4.46. The minimum absolute atomic E-state index is 0.548. The van der Waals surface area contributed by atoms with Crippen molar-refractivity contribution in [1.82, 2.24) is 24.9 Å². The van der Waals surface area contributed by atoms with E-state index in [2.05, 4.69) is 37.0 Å². The maximum atomic E-state index is 5.37. The molecule has 0 unspecified atom stereocenters. The molecule has 6 nitrogen and oxygen atoms in total. The van der Waals surface area contributed by atoms with Gasteiger partial charge in [0, 0.05) is 5.56 Å². The van der Waals surface area contributed by atoms with Crippen LogP contribution in [0.1, 0.15) is 17.3 Å². The predicted molar refractivity (Wildman–Crippen MR) is 99.6 cm³/mol. The Balaban J connectivity index is 1.47. The molecule has 130 valence electrons. The first-order valence-corrected chi connectivity index (χ1v) is 9.23. The molecule has 0 bridgehead atoms. The number of rotatable bonds is 6. The highest BCUT2D eigenvalue weighted by molar-refractivity contribution is 7.98. The van der Waals surface area contributed by atoms with Gasteiger partial charge in [-0.2, -0.15) is 4.98 Å². The van der Waals surface area contributed by atoms with Crippen molar-refractivity contribution in [2.75, 3.05) is 0 Å². The summed E-state index contributed by atoms with van der Waals surface area (Å²) in [5.74, 6) is 2.60. The molecule has 0 fully saturated rings. The van der Waals surface area contributed by atoms with E-state index in [1.807, 2.05) is 55.5 Å². The number of aryl methyl sites for hydroxylation is 1. The lowest BCUT2D eigenvalue weighted by atomic mass is 10.2. The lowest BCUT2D eigenvalue weighted by Crippen LogP contribution is -2.03. The highest BCUT2D eigenvalue weighted by atomic mass is 32.2. The van der Waals surface area contributed by atoms with E-state index in [9.17, 15) is 0 Å². The average Bonchev–Trinajstić information content (AvgIpc) is 3.29. The third kappa shape index (κ3) is 3.67. The molecule has 0 amide bonds. The second-order valence-electron chi connectivity index (χ2n) is 5.77.